The maximum atomic E-state index is 11.2. The van der Waals surface area contributed by atoms with Crippen molar-refractivity contribution in [1.29, 1.82) is 0 Å². The Morgan fingerprint density at radius 1 is 0.905 bits per heavy atom. The molecule has 2 amide bonds. The molecule has 0 aliphatic rings. The second-order valence-electron chi connectivity index (χ2n) is 4.49. The Morgan fingerprint density at radius 2 is 1.62 bits per heavy atom. The fraction of sp³-hybridized carbons (Fsp3) is 0.125. The Hall–Kier alpha value is -2.27. The lowest BCUT2D eigenvalue weighted by atomic mass is 10.3. The van der Waals surface area contributed by atoms with Crippen LogP contribution < -0.4 is 10.6 Å². The molecule has 4 nitrogen and oxygen atoms in total. The van der Waals surface area contributed by atoms with Gasteiger partial charge in [0.05, 0.1) is 5.69 Å². The number of hydrogen-bond acceptors (Lipinski definition) is 3. The third-order valence-electron chi connectivity index (χ3n) is 2.58. The number of rotatable bonds is 4. The monoisotopic (exact) mass is 300 g/mol. The Bertz CT molecular complexity index is 671. The van der Waals surface area contributed by atoms with Crippen molar-refractivity contribution in [1.82, 2.24) is 0 Å². The zero-order chi connectivity index (χ0) is 15.2. The zero-order valence-electron chi connectivity index (χ0n) is 11.8. The van der Waals surface area contributed by atoms with Crippen molar-refractivity contribution in [3.8, 4) is 0 Å². The summed E-state index contributed by atoms with van der Waals surface area (Å²) in [4.78, 5) is 24.3. The minimum atomic E-state index is -0.102. The summed E-state index contributed by atoms with van der Waals surface area (Å²) in [6, 6.07) is 15.2. The van der Waals surface area contributed by atoms with Gasteiger partial charge in [-0.2, -0.15) is 0 Å². The summed E-state index contributed by atoms with van der Waals surface area (Å²) < 4.78 is 0. The van der Waals surface area contributed by atoms with Crippen LogP contribution in [0.5, 0.6) is 0 Å². The summed E-state index contributed by atoms with van der Waals surface area (Å²) in [5.41, 5.74) is 1.53. The van der Waals surface area contributed by atoms with E-state index in [1.807, 2.05) is 48.5 Å². The van der Waals surface area contributed by atoms with Crippen LogP contribution in [0.1, 0.15) is 13.8 Å². The molecule has 0 radical (unpaired) electrons. The fourth-order valence-corrected chi connectivity index (χ4v) is 2.78. The average molecular weight is 300 g/mol. The van der Waals surface area contributed by atoms with Crippen molar-refractivity contribution in [3.63, 3.8) is 0 Å². The Labute approximate surface area is 127 Å². The molecule has 0 aromatic heterocycles. The predicted octanol–water partition coefficient (Wildman–Crippen LogP) is 3.75. The molecule has 0 atom stereocenters. The number of amides is 2. The molecule has 0 spiro atoms. The normalized spacial score (nSPS) is 10.0. The van der Waals surface area contributed by atoms with Crippen LogP contribution in [0, 0.1) is 0 Å². The highest BCUT2D eigenvalue weighted by atomic mass is 32.2. The molecule has 5 heteroatoms. The summed E-state index contributed by atoms with van der Waals surface area (Å²) in [7, 11) is 0. The Kier molecular flexibility index (Phi) is 5.00. The van der Waals surface area contributed by atoms with Gasteiger partial charge >= 0.3 is 0 Å². The van der Waals surface area contributed by atoms with Crippen LogP contribution in [0.15, 0.2) is 58.3 Å². The molecule has 21 heavy (non-hydrogen) atoms. The topological polar surface area (TPSA) is 58.2 Å². The number of para-hydroxylation sites is 1. The molecule has 0 saturated heterocycles. The van der Waals surface area contributed by atoms with E-state index in [9.17, 15) is 9.59 Å². The minimum absolute atomic E-state index is 0.101. The minimum Gasteiger partial charge on any atom is -0.326 e. The van der Waals surface area contributed by atoms with E-state index in [0.29, 0.717) is 0 Å². The van der Waals surface area contributed by atoms with Gasteiger partial charge in [-0.05, 0) is 30.3 Å². The molecule has 0 bridgehead atoms. The lowest BCUT2D eigenvalue weighted by Gasteiger charge is -2.10. The largest absolute Gasteiger partial charge is 0.326 e. The first-order valence-electron chi connectivity index (χ1n) is 6.47. The summed E-state index contributed by atoms with van der Waals surface area (Å²) in [5.74, 6) is -0.203. The van der Waals surface area contributed by atoms with Crippen LogP contribution in [0.2, 0.25) is 0 Å². The zero-order valence-corrected chi connectivity index (χ0v) is 12.7. The smallest absolute Gasteiger partial charge is 0.221 e. The average Bonchev–Trinajstić information content (AvgIpc) is 2.40. The van der Waals surface area contributed by atoms with E-state index in [-0.39, 0.29) is 11.8 Å². The first-order valence-corrected chi connectivity index (χ1v) is 7.28. The predicted molar refractivity (Wildman–Crippen MR) is 85.6 cm³/mol. The lowest BCUT2D eigenvalue weighted by Crippen LogP contribution is -2.06. The Morgan fingerprint density at radius 3 is 2.33 bits per heavy atom. The third kappa shape index (κ3) is 4.65. The highest BCUT2D eigenvalue weighted by molar-refractivity contribution is 7.99. The standard InChI is InChI=1S/C16H16N2O2S/c1-11(19)17-13-6-5-7-14(10-13)21-16-9-4-3-8-15(16)18-12(2)20/h3-10H,1-2H3,(H,17,19)(H,18,20). The number of hydrogen-bond donors (Lipinski definition) is 2. The van der Waals surface area contributed by atoms with Crippen LogP contribution in [0.3, 0.4) is 0 Å². The maximum absolute atomic E-state index is 11.2. The van der Waals surface area contributed by atoms with Gasteiger partial charge in [0.15, 0.2) is 0 Å². The lowest BCUT2D eigenvalue weighted by molar-refractivity contribution is -0.115. The third-order valence-corrected chi connectivity index (χ3v) is 3.65. The van der Waals surface area contributed by atoms with Crippen molar-refractivity contribution in [2.24, 2.45) is 0 Å². The highest BCUT2D eigenvalue weighted by Gasteiger charge is 2.06. The van der Waals surface area contributed by atoms with E-state index < -0.39 is 0 Å². The molecular formula is C16H16N2O2S. The van der Waals surface area contributed by atoms with Gasteiger partial charge in [-0.25, -0.2) is 0 Å². The van der Waals surface area contributed by atoms with Gasteiger partial charge in [-0.15, -0.1) is 0 Å². The van der Waals surface area contributed by atoms with E-state index in [1.165, 1.54) is 25.6 Å². The molecule has 2 N–H and O–H groups in total. The maximum Gasteiger partial charge on any atom is 0.221 e. The molecule has 0 saturated carbocycles. The molecule has 2 aromatic rings. The van der Waals surface area contributed by atoms with E-state index >= 15 is 0 Å². The SMILES string of the molecule is CC(=O)Nc1cccc(Sc2ccccc2NC(C)=O)c1. The van der Waals surface area contributed by atoms with Gasteiger partial charge in [-0.3, -0.25) is 9.59 Å². The summed E-state index contributed by atoms with van der Waals surface area (Å²) in [5, 5.41) is 5.57. The first-order chi connectivity index (χ1) is 10.0. The van der Waals surface area contributed by atoms with Crippen LogP contribution in [0.25, 0.3) is 0 Å². The Balaban J connectivity index is 2.22. The molecule has 2 rings (SSSR count). The van der Waals surface area contributed by atoms with E-state index in [4.69, 9.17) is 0 Å². The van der Waals surface area contributed by atoms with Gasteiger partial charge in [0, 0.05) is 29.3 Å². The molecular weight excluding hydrogens is 284 g/mol. The summed E-state index contributed by atoms with van der Waals surface area (Å²) >= 11 is 1.53. The number of nitrogens with one attached hydrogen (secondary N) is 2. The van der Waals surface area contributed by atoms with Gasteiger partial charge in [0.25, 0.3) is 0 Å². The van der Waals surface area contributed by atoms with Gasteiger partial charge < -0.3 is 10.6 Å². The summed E-state index contributed by atoms with van der Waals surface area (Å²) in [6.07, 6.45) is 0. The first kappa shape index (κ1) is 15.1. The van der Waals surface area contributed by atoms with Gasteiger partial charge in [0.1, 0.15) is 0 Å². The van der Waals surface area contributed by atoms with E-state index in [2.05, 4.69) is 10.6 Å². The molecule has 0 unspecified atom stereocenters. The highest BCUT2D eigenvalue weighted by Crippen LogP contribution is 2.34. The van der Waals surface area contributed by atoms with Crippen molar-refractivity contribution < 1.29 is 9.59 Å². The van der Waals surface area contributed by atoms with Crippen LogP contribution in [-0.4, -0.2) is 11.8 Å². The van der Waals surface area contributed by atoms with Gasteiger partial charge in [0.2, 0.25) is 11.8 Å². The number of benzene rings is 2. The molecule has 0 aliphatic heterocycles. The van der Waals surface area contributed by atoms with Crippen molar-refractivity contribution in [2.75, 3.05) is 10.6 Å². The molecule has 108 valence electrons. The van der Waals surface area contributed by atoms with Gasteiger partial charge in [-0.1, -0.05) is 30.0 Å². The van der Waals surface area contributed by atoms with E-state index in [1.54, 1.807) is 0 Å². The van der Waals surface area contributed by atoms with Crippen LogP contribution in [-0.2, 0) is 9.59 Å². The summed E-state index contributed by atoms with van der Waals surface area (Å²) in [6.45, 7) is 2.96. The van der Waals surface area contributed by atoms with Crippen LogP contribution in [0.4, 0.5) is 11.4 Å². The van der Waals surface area contributed by atoms with Crippen molar-refractivity contribution in [3.05, 3.63) is 48.5 Å². The number of carbonyl (C=O) groups is 2. The van der Waals surface area contributed by atoms with Crippen molar-refractivity contribution in [2.45, 2.75) is 23.6 Å². The second-order valence-corrected chi connectivity index (χ2v) is 5.60. The molecule has 0 fully saturated rings. The molecule has 0 aliphatic carbocycles. The number of carbonyl (C=O) groups excluding carboxylic acids is 2. The molecule has 0 heterocycles. The fourth-order valence-electron chi connectivity index (χ4n) is 1.82. The van der Waals surface area contributed by atoms with E-state index in [0.717, 1.165) is 21.2 Å². The second kappa shape index (κ2) is 6.95. The van der Waals surface area contributed by atoms with Crippen molar-refractivity contribution >= 4 is 35.0 Å². The number of anilines is 2. The van der Waals surface area contributed by atoms with Crippen LogP contribution >= 0.6 is 11.8 Å². The quantitative estimate of drug-likeness (QED) is 0.904. The molecule has 2 aromatic carbocycles.